The van der Waals surface area contributed by atoms with Crippen molar-refractivity contribution in [2.24, 2.45) is 11.8 Å². The Labute approximate surface area is 195 Å². The summed E-state index contributed by atoms with van der Waals surface area (Å²) in [5.41, 5.74) is 2.95. The Balaban J connectivity index is 2.14. The van der Waals surface area contributed by atoms with Gasteiger partial charge in [0.05, 0.1) is 25.4 Å². The molecule has 7 nitrogen and oxygen atoms in total. The number of hydrogen-bond donors (Lipinski definition) is 1. The first kappa shape index (κ1) is 24.6. The molecule has 0 aromatic heterocycles. The molecule has 1 N–H and O–H groups in total. The summed E-state index contributed by atoms with van der Waals surface area (Å²) in [5.74, 6) is -2.43. The van der Waals surface area contributed by atoms with Gasteiger partial charge >= 0.3 is 11.9 Å². The Morgan fingerprint density at radius 1 is 1.18 bits per heavy atom. The maximum atomic E-state index is 13.7. The van der Waals surface area contributed by atoms with Crippen molar-refractivity contribution in [2.45, 2.75) is 59.5 Å². The fraction of sp³-hybridized carbons (Fsp3) is 0.500. The molecular weight excluding hydrogens is 422 g/mol. The van der Waals surface area contributed by atoms with Crippen molar-refractivity contribution >= 4 is 17.7 Å². The van der Waals surface area contributed by atoms with Crippen molar-refractivity contribution in [3.05, 3.63) is 52.4 Å². The Hall–Kier alpha value is -3.09. The number of dihydropyridines is 1. The van der Waals surface area contributed by atoms with Crippen LogP contribution in [0, 0.1) is 11.8 Å². The van der Waals surface area contributed by atoms with E-state index in [1.807, 2.05) is 58.9 Å². The summed E-state index contributed by atoms with van der Waals surface area (Å²) in [5, 5.41) is 3.27. The molecule has 7 heteroatoms. The standard InChI is InChI=1S/C26H33NO6/c1-7-15(4)33-26(30)21-16(5)27-19-13-14(3)20(25(29)31-6)24(28)23(19)22(21)17-9-11-18(12-10-17)32-8-2/h9-12,14-15,20,22,27H,7-8,13H2,1-6H3/t14-,15-,20-,22+/m1/s1. The van der Waals surface area contributed by atoms with E-state index in [0.29, 0.717) is 42.0 Å². The van der Waals surface area contributed by atoms with Crippen LogP contribution in [-0.2, 0) is 23.9 Å². The third kappa shape index (κ3) is 4.82. The molecule has 0 amide bonds. The summed E-state index contributed by atoms with van der Waals surface area (Å²) >= 11 is 0. The molecule has 0 unspecified atom stereocenters. The van der Waals surface area contributed by atoms with Crippen molar-refractivity contribution < 1.29 is 28.6 Å². The number of benzene rings is 1. The maximum absolute atomic E-state index is 13.7. The second-order valence-corrected chi connectivity index (χ2v) is 8.66. The van der Waals surface area contributed by atoms with Crippen LogP contribution in [0.25, 0.3) is 0 Å². The Bertz CT molecular complexity index is 991. The summed E-state index contributed by atoms with van der Waals surface area (Å²) < 4.78 is 16.2. The zero-order valence-corrected chi connectivity index (χ0v) is 20.2. The van der Waals surface area contributed by atoms with Gasteiger partial charge in [-0.3, -0.25) is 9.59 Å². The number of rotatable bonds is 7. The van der Waals surface area contributed by atoms with Gasteiger partial charge < -0.3 is 19.5 Å². The van der Waals surface area contributed by atoms with E-state index >= 15 is 0 Å². The van der Waals surface area contributed by atoms with E-state index in [9.17, 15) is 14.4 Å². The molecule has 1 heterocycles. The molecule has 33 heavy (non-hydrogen) atoms. The minimum absolute atomic E-state index is 0.224. The number of carbonyl (C=O) groups excluding carboxylic acids is 3. The van der Waals surface area contributed by atoms with Crippen LogP contribution in [0.15, 0.2) is 46.8 Å². The number of ether oxygens (including phenoxy) is 3. The monoisotopic (exact) mass is 455 g/mol. The third-order valence-corrected chi connectivity index (χ3v) is 6.37. The van der Waals surface area contributed by atoms with Gasteiger partial charge in [-0.25, -0.2) is 4.79 Å². The SMILES string of the molecule is CCOc1ccc([C@H]2C(C(=O)O[C@H](C)CC)=C(C)NC3=C2C(=O)[C@H](C(=O)OC)[C@H](C)C3)cc1. The van der Waals surface area contributed by atoms with Crippen molar-refractivity contribution in [1.29, 1.82) is 0 Å². The van der Waals surface area contributed by atoms with Gasteiger partial charge in [0.25, 0.3) is 0 Å². The molecule has 0 spiro atoms. The molecule has 3 rings (SSSR count). The van der Waals surface area contributed by atoms with E-state index in [0.717, 1.165) is 11.3 Å². The van der Waals surface area contributed by atoms with E-state index in [2.05, 4.69) is 5.32 Å². The summed E-state index contributed by atoms with van der Waals surface area (Å²) in [7, 11) is 1.29. The number of esters is 2. The predicted molar refractivity (Wildman–Crippen MR) is 123 cm³/mol. The van der Waals surface area contributed by atoms with E-state index < -0.39 is 23.8 Å². The van der Waals surface area contributed by atoms with Crippen LogP contribution in [0.1, 0.15) is 58.9 Å². The smallest absolute Gasteiger partial charge is 0.337 e. The fourth-order valence-corrected chi connectivity index (χ4v) is 4.54. The molecule has 0 radical (unpaired) electrons. The first-order chi connectivity index (χ1) is 15.7. The molecule has 2 aliphatic rings. The second kappa shape index (κ2) is 10.2. The van der Waals surface area contributed by atoms with Crippen LogP contribution >= 0.6 is 0 Å². The highest BCUT2D eigenvalue weighted by atomic mass is 16.5. The normalized spacial score (nSPS) is 23.5. The molecule has 1 aromatic carbocycles. The van der Waals surface area contributed by atoms with Gasteiger partial charge in [-0.1, -0.05) is 26.0 Å². The van der Waals surface area contributed by atoms with Gasteiger partial charge in [0.2, 0.25) is 0 Å². The van der Waals surface area contributed by atoms with Gasteiger partial charge in [-0.05, 0) is 57.2 Å². The molecule has 0 bridgehead atoms. The maximum Gasteiger partial charge on any atom is 0.337 e. The van der Waals surface area contributed by atoms with Crippen LogP contribution < -0.4 is 10.1 Å². The average Bonchev–Trinajstić information content (AvgIpc) is 2.78. The highest BCUT2D eigenvalue weighted by Crippen LogP contribution is 2.45. The van der Waals surface area contributed by atoms with Crippen LogP contribution in [-0.4, -0.2) is 37.5 Å². The molecule has 1 aliphatic carbocycles. The predicted octanol–water partition coefficient (Wildman–Crippen LogP) is 4.04. The van der Waals surface area contributed by atoms with E-state index in [1.165, 1.54) is 7.11 Å². The highest BCUT2D eigenvalue weighted by molar-refractivity contribution is 6.12. The number of carbonyl (C=O) groups is 3. The Morgan fingerprint density at radius 3 is 2.42 bits per heavy atom. The molecule has 0 saturated heterocycles. The molecule has 178 valence electrons. The van der Waals surface area contributed by atoms with Crippen molar-refractivity contribution in [3.8, 4) is 5.75 Å². The van der Waals surface area contributed by atoms with Gasteiger partial charge in [0, 0.05) is 22.9 Å². The van der Waals surface area contributed by atoms with Crippen molar-refractivity contribution in [3.63, 3.8) is 0 Å². The van der Waals surface area contributed by atoms with Crippen LogP contribution in [0.3, 0.4) is 0 Å². The number of ketones is 1. The minimum Gasteiger partial charge on any atom is -0.494 e. The number of nitrogens with one attached hydrogen (secondary N) is 1. The number of allylic oxidation sites excluding steroid dienone is 3. The summed E-state index contributed by atoms with van der Waals surface area (Å²) in [6.45, 7) is 9.90. The van der Waals surface area contributed by atoms with Crippen LogP contribution in [0.4, 0.5) is 0 Å². The lowest BCUT2D eigenvalue weighted by Gasteiger charge is -2.38. The molecule has 4 atom stereocenters. The first-order valence-electron chi connectivity index (χ1n) is 11.5. The van der Waals surface area contributed by atoms with Gasteiger partial charge in [-0.2, -0.15) is 0 Å². The van der Waals surface area contributed by atoms with E-state index in [1.54, 1.807) is 0 Å². The van der Waals surface area contributed by atoms with E-state index in [-0.39, 0.29) is 17.8 Å². The molecule has 1 aromatic rings. The summed E-state index contributed by atoms with van der Waals surface area (Å²) in [6, 6.07) is 7.35. The fourth-order valence-electron chi connectivity index (χ4n) is 4.54. The van der Waals surface area contributed by atoms with Gasteiger partial charge in [-0.15, -0.1) is 0 Å². The average molecular weight is 456 g/mol. The molecular formula is C26H33NO6. The quantitative estimate of drug-likeness (QED) is 0.490. The largest absolute Gasteiger partial charge is 0.494 e. The molecule has 0 saturated carbocycles. The lowest BCUT2D eigenvalue weighted by atomic mass is 9.69. The van der Waals surface area contributed by atoms with Crippen molar-refractivity contribution in [1.82, 2.24) is 5.32 Å². The number of hydrogen-bond acceptors (Lipinski definition) is 7. The molecule has 1 aliphatic heterocycles. The highest BCUT2D eigenvalue weighted by Gasteiger charge is 2.47. The zero-order valence-electron chi connectivity index (χ0n) is 20.2. The van der Waals surface area contributed by atoms with Crippen LogP contribution in [0.2, 0.25) is 0 Å². The van der Waals surface area contributed by atoms with Gasteiger partial charge in [0.1, 0.15) is 11.7 Å². The third-order valence-electron chi connectivity index (χ3n) is 6.37. The molecule has 0 fully saturated rings. The Morgan fingerprint density at radius 2 is 1.85 bits per heavy atom. The second-order valence-electron chi connectivity index (χ2n) is 8.66. The Kier molecular flexibility index (Phi) is 7.61. The van der Waals surface area contributed by atoms with Gasteiger partial charge in [0.15, 0.2) is 5.78 Å². The zero-order chi connectivity index (χ0) is 24.3. The summed E-state index contributed by atoms with van der Waals surface area (Å²) in [6.07, 6.45) is 0.909. The minimum atomic E-state index is -0.911. The lowest BCUT2D eigenvalue weighted by molar-refractivity contribution is -0.151. The number of methoxy groups -OCH3 is 1. The lowest BCUT2D eigenvalue weighted by Crippen LogP contribution is -2.43. The van der Waals surface area contributed by atoms with E-state index in [4.69, 9.17) is 14.2 Å². The number of Topliss-reactive ketones (excluding diaryl/α,β-unsaturated/α-hetero) is 1. The van der Waals surface area contributed by atoms with Crippen molar-refractivity contribution in [2.75, 3.05) is 13.7 Å². The first-order valence-corrected chi connectivity index (χ1v) is 11.5. The topological polar surface area (TPSA) is 90.9 Å². The van der Waals surface area contributed by atoms with Crippen LogP contribution in [0.5, 0.6) is 5.75 Å². The summed E-state index contributed by atoms with van der Waals surface area (Å²) in [4.78, 5) is 39.4.